The van der Waals surface area contributed by atoms with Crippen molar-refractivity contribution >= 4 is 24.8 Å². The van der Waals surface area contributed by atoms with Gasteiger partial charge < -0.3 is 9.94 Å². The second kappa shape index (κ2) is 7.36. The van der Waals surface area contributed by atoms with Crippen LogP contribution < -0.4 is 4.85 Å². The van der Waals surface area contributed by atoms with Gasteiger partial charge in [0.25, 0.3) is 0 Å². The summed E-state index contributed by atoms with van der Waals surface area (Å²) in [6.45, 7) is 2.13. The number of benzene rings is 1. The molecule has 0 saturated carbocycles. The number of alkyl halides is 3. The number of hydrogen-bond donors (Lipinski definition) is 0. The molecule has 7 nitrogen and oxygen atoms in total. The first-order chi connectivity index (χ1) is 13.7. The van der Waals surface area contributed by atoms with Crippen molar-refractivity contribution in [3.63, 3.8) is 0 Å². The molecule has 178 valence electrons. The standard InChI is InChI=1S/C14H17F3N5O2.F6P/c1-19(2)13(20-5-7-24-8-6-20)21-12-9-10(14(15,16)17)3-4-11(12)22(23)18-21;1-7(2,3,4,5)6/h3-4,9H,5-8H2,1-2H3;/q+1;-1. The van der Waals surface area contributed by atoms with Crippen LogP contribution in [0.1, 0.15) is 5.56 Å². The van der Waals surface area contributed by atoms with Crippen molar-refractivity contribution in [2.75, 3.05) is 40.4 Å². The van der Waals surface area contributed by atoms with Crippen LogP contribution in [-0.2, 0) is 10.9 Å². The number of hydrogen-bond acceptors (Lipinski definition) is 3. The molecule has 1 aromatic heterocycles. The number of nitrogens with zero attached hydrogens (tertiary/aromatic N) is 5. The van der Waals surface area contributed by atoms with E-state index in [0.29, 0.717) is 37.1 Å². The molecule has 0 atom stereocenters. The average molecular weight is 489 g/mol. The van der Waals surface area contributed by atoms with Gasteiger partial charge in [-0.05, 0) is 16.8 Å². The summed E-state index contributed by atoms with van der Waals surface area (Å²) in [6, 6.07) is 2.97. The minimum absolute atomic E-state index is 0.0793. The molecule has 31 heavy (non-hydrogen) atoms. The van der Waals surface area contributed by atoms with Crippen molar-refractivity contribution in [2.24, 2.45) is 0 Å². The number of morpholine rings is 1. The molecule has 1 aliphatic heterocycles. The quantitative estimate of drug-likeness (QED) is 0.141. The fraction of sp³-hybridized carbons (Fsp3) is 0.500. The van der Waals surface area contributed by atoms with E-state index in [2.05, 4.69) is 5.21 Å². The van der Waals surface area contributed by atoms with E-state index in [9.17, 15) is 43.6 Å². The van der Waals surface area contributed by atoms with Gasteiger partial charge in [0.05, 0.1) is 46.0 Å². The molecule has 0 aliphatic carbocycles. The summed E-state index contributed by atoms with van der Waals surface area (Å²) < 4.78 is 107. The normalized spacial score (nSPS) is 17.5. The fourth-order valence-corrected chi connectivity index (χ4v) is 2.73. The molecule has 1 fully saturated rings. The van der Waals surface area contributed by atoms with Crippen LogP contribution in [0.25, 0.3) is 11.0 Å². The Kier molecular flexibility index (Phi) is 5.92. The van der Waals surface area contributed by atoms with E-state index < -0.39 is 19.5 Å². The van der Waals surface area contributed by atoms with Gasteiger partial charge in [0.2, 0.25) is 11.0 Å². The maximum absolute atomic E-state index is 13.0. The number of rotatable bonds is 0. The zero-order chi connectivity index (χ0) is 23.9. The van der Waals surface area contributed by atoms with Gasteiger partial charge in [-0.25, -0.2) is 0 Å². The van der Waals surface area contributed by atoms with Crippen molar-refractivity contribution in [3.8, 4) is 0 Å². The Morgan fingerprint density at radius 1 is 1.10 bits per heavy atom. The first kappa shape index (κ1) is 24.9. The van der Waals surface area contributed by atoms with Gasteiger partial charge in [0, 0.05) is 6.07 Å². The molecular weight excluding hydrogens is 472 g/mol. The summed E-state index contributed by atoms with van der Waals surface area (Å²) in [6.07, 6.45) is -4.49. The van der Waals surface area contributed by atoms with E-state index >= 15 is 0 Å². The van der Waals surface area contributed by atoms with Crippen molar-refractivity contribution in [1.29, 1.82) is 0 Å². The summed E-state index contributed by atoms with van der Waals surface area (Å²) in [7, 11) is -7.16. The van der Waals surface area contributed by atoms with Gasteiger partial charge in [-0.15, -0.1) is 4.85 Å². The van der Waals surface area contributed by atoms with Crippen molar-refractivity contribution in [1.82, 2.24) is 14.8 Å². The van der Waals surface area contributed by atoms with Crippen LogP contribution in [0, 0.1) is 5.21 Å². The Morgan fingerprint density at radius 2 is 1.61 bits per heavy atom. The number of ether oxygens (including phenoxy) is 1. The molecule has 1 aliphatic rings. The van der Waals surface area contributed by atoms with E-state index in [-0.39, 0.29) is 11.0 Å². The van der Waals surface area contributed by atoms with E-state index in [1.165, 1.54) is 4.68 Å². The van der Waals surface area contributed by atoms with Crippen LogP contribution in [-0.4, -0.2) is 65.7 Å². The van der Waals surface area contributed by atoms with Crippen LogP contribution in [0.5, 0.6) is 0 Å². The van der Waals surface area contributed by atoms with Gasteiger partial charge in [-0.2, -0.15) is 13.2 Å². The topological polar surface area (TPSA) is 60.2 Å². The first-order valence-electron chi connectivity index (χ1n) is 8.37. The van der Waals surface area contributed by atoms with Crippen molar-refractivity contribution < 1.29 is 52.5 Å². The van der Waals surface area contributed by atoms with E-state index in [0.717, 1.165) is 18.2 Å². The van der Waals surface area contributed by atoms with E-state index in [4.69, 9.17) is 4.74 Å². The SMILES string of the molecule is C[N+](C)=C(N1CCOCC1)n1n[n+]([O-])c2ccc(C(F)(F)F)cc21.F[P-](F)(F)(F)(F)F. The monoisotopic (exact) mass is 489 g/mol. The molecular formula is C14H17F9N5O2P. The third-order valence-electron chi connectivity index (χ3n) is 3.79. The molecule has 2 heterocycles. The molecule has 0 unspecified atom stereocenters. The Bertz CT molecular complexity index is 980. The van der Waals surface area contributed by atoms with Crippen LogP contribution in [0.2, 0.25) is 0 Å². The molecule has 17 heteroatoms. The van der Waals surface area contributed by atoms with Crippen molar-refractivity contribution in [3.05, 3.63) is 29.0 Å². The second-order valence-corrected chi connectivity index (χ2v) is 8.54. The molecule has 3 rings (SSSR count). The molecule has 0 radical (unpaired) electrons. The van der Waals surface area contributed by atoms with Crippen LogP contribution in [0.15, 0.2) is 18.2 Å². The molecule has 1 saturated heterocycles. The third-order valence-corrected chi connectivity index (χ3v) is 3.79. The zero-order valence-corrected chi connectivity index (χ0v) is 16.9. The third kappa shape index (κ3) is 7.69. The molecule has 1 aromatic carbocycles. The molecule has 0 N–H and O–H groups in total. The summed E-state index contributed by atoms with van der Waals surface area (Å²) in [4.78, 5) is 2.26. The van der Waals surface area contributed by atoms with Crippen LogP contribution in [0.4, 0.5) is 38.4 Å². The Balaban J connectivity index is 0.000000423. The van der Waals surface area contributed by atoms with Gasteiger partial charge in [0.1, 0.15) is 5.21 Å². The summed E-state index contributed by atoms with van der Waals surface area (Å²) in [5, 5.41) is 15.9. The molecule has 0 bridgehead atoms. The van der Waals surface area contributed by atoms with Crippen LogP contribution in [0.3, 0.4) is 0 Å². The van der Waals surface area contributed by atoms with E-state index in [1.54, 1.807) is 18.7 Å². The second-order valence-electron chi connectivity index (χ2n) is 6.63. The first-order valence-corrected chi connectivity index (χ1v) is 10.4. The minimum atomic E-state index is -10.7. The van der Waals surface area contributed by atoms with Gasteiger partial charge >= 0.3 is 45.1 Å². The molecule has 0 amide bonds. The maximum atomic E-state index is 13.0. The number of aromatic nitrogens is 3. The Hall–Kier alpha value is -2.35. The summed E-state index contributed by atoms with van der Waals surface area (Å²) >= 11 is 0. The number of fused-ring (bicyclic) bond motifs is 1. The zero-order valence-electron chi connectivity index (χ0n) is 16.0. The van der Waals surface area contributed by atoms with Crippen LogP contribution >= 0.6 is 7.81 Å². The summed E-state index contributed by atoms with van der Waals surface area (Å²) in [5.74, 6) is 0.525. The van der Waals surface area contributed by atoms with Gasteiger partial charge in [-0.1, -0.05) is 0 Å². The van der Waals surface area contributed by atoms with Gasteiger partial charge in [-0.3, -0.25) is 9.48 Å². The summed E-state index contributed by atoms with van der Waals surface area (Å²) in [5.41, 5.74) is -0.637. The van der Waals surface area contributed by atoms with Gasteiger partial charge in [0.15, 0.2) is 0 Å². The Morgan fingerprint density at radius 3 is 2.06 bits per heavy atom. The predicted octanol–water partition coefficient (Wildman–Crippen LogP) is 3.88. The molecule has 2 aromatic rings. The number of halogens is 9. The van der Waals surface area contributed by atoms with Crippen molar-refractivity contribution in [2.45, 2.75) is 6.18 Å². The predicted molar refractivity (Wildman–Crippen MR) is 92.2 cm³/mol. The van der Waals surface area contributed by atoms with E-state index in [1.807, 2.05) is 4.90 Å². The molecule has 0 spiro atoms. The Labute approximate surface area is 168 Å². The fourth-order valence-electron chi connectivity index (χ4n) is 2.73. The average Bonchev–Trinajstić information content (AvgIpc) is 2.88.